The van der Waals surface area contributed by atoms with Gasteiger partial charge in [0.1, 0.15) is 0 Å². The molecule has 82 valence electrons. The highest BCUT2D eigenvalue weighted by Gasteiger charge is 2.08. The summed E-state index contributed by atoms with van der Waals surface area (Å²) in [5.74, 6) is 0.351. The van der Waals surface area contributed by atoms with Crippen molar-refractivity contribution in [3.8, 4) is 0 Å². The zero-order valence-electron chi connectivity index (χ0n) is 9.28. The standard InChI is InChI=1S/C13H13NO2/c1-9-3-5-11(6-4-9)12(15)14-13-10(2)7-8-16-13/h3-8H,1-2H3,(H,14,15). The van der Waals surface area contributed by atoms with Crippen molar-refractivity contribution < 1.29 is 9.21 Å². The van der Waals surface area contributed by atoms with Gasteiger partial charge in [0.2, 0.25) is 5.88 Å². The van der Waals surface area contributed by atoms with Crippen LogP contribution in [0.4, 0.5) is 5.88 Å². The van der Waals surface area contributed by atoms with E-state index in [1.54, 1.807) is 18.4 Å². The van der Waals surface area contributed by atoms with Gasteiger partial charge < -0.3 is 4.42 Å². The molecule has 1 N–H and O–H groups in total. The van der Waals surface area contributed by atoms with Gasteiger partial charge in [-0.05, 0) is 32.0 Å². The summed E-state index contributed by atoms with van der Waals surface area (Å²) in [4.78, 5) is 11.8. The lowest BCUT2D eigenvalue weighted by molar-refractivity contribution is 0.102. The summed E-state index contributed by atoms with van der Waals surface area (Å²) in [7, 11) is 0. The summed E-state index contributed by atoms with van der Waals surface area (Å²) in [6.45, 7) is 3.87. The molecule has 3 nitrogen and oxygen atoms in total. The summed E-state index contributed by atoms with van der Waals surface area (Å²) in [5, 5.41) is 2.72. The average Bonchev–Trinajstić information content (AvgIpc) is 2.65. The Bertz CT molecular complexity index is 497. The van der Waals surface area contributed by atoms with Crippen molar-refractivity contribution in [2.24, 2.45) is 0 Å². The molecule has 0 radical (unpaired) electrons. The molecule has 1 amide bonds. The maximum Gasteiger partial charge on any atom is 0.257 e. The molecule has 0 saturated carbocycles. The van der Waals surface area contributed by atoms with Gasteiger partial charge in [0.15, 0.2) is 0 Å². The summed E-state index contributed by atoms with van der Waals surface area (Å²) in [6, 6.07) is 9.21. The van der Waals surface area contributed by atoms with Crippen LogP contribution in [0.2, 0.25) is 0 Å². The second-order valence-corrected chi connectivity index (χ2v) is 3.75. The number of hydrogen-bond donors (Lipinski definition) is 1. The monoisotopic (exact) mass is 215 g/mol. The van der Waals surface area contributed by atoms with Crippen LogP contribution in [0.5, 0.6) is 0 Å². The summed E-state index contributed by atoms with van der Waals surface area (Å²) >= 11 is 0. The molecule has 0 fully saturated rings. The highest BCUT2D eigenvalue weighted by atomic mass is 16.3. The Kier molecular flexibility index (Phi) is 2.77. The number of benzene rings is 1. The molecule has 1 aromatic carbocycles. The van der Waals surface area contributed by atoms with E-state index >= 15 is 0 Å². The predicted octanol–water partition coefficient (Wildman–Crippen LogP) is 3.15. The molecule has 2 aromatic rings. The largest absolute Gasteiger partial charge is 0.448 e. The van der Waals surface area contributed by atoms with Crippen molar-refractivity contribution in [2.45, 2.75) is 13.8 Å². The first-order valence-electron chi connectivity index (χ1n) is 5.09. The molecule has 0 aliphatic rings. The van der Waals surface area contributed by atoms with E-state index in [9.17, 15) is 4.79 Å². The maximum atomic E-state index is 11.8. The van der Waals surface area contributed by atoms with Crippen molar-refractivity contribution in [1.82, 2.24) is 0 Å². The third kappa shape index (κ3) is 2.14. The van der Waals surface area contributed by atoms with Gasteiger partial charge in [-0.15, -0.1) is 0 Å². The number of anilines is 1. The van der Waals surface area contributed by atoms with E-state index in [0.717, 1.165) is 11.1 Å². The molecule has 3 heteroatoms. The molecule has 16 heavy (non-hydrogen) atoms. The van der Waals surface area contributed by atoms with Gasteiger partial charge in [-0.2, -0.15) is 0 Å². The molecule has 1 aromatic heterocycles. The number of carbonyl (C=O) groups is 1. The Balaban J connectivity index is 2.15. The van der Waals surface area contributed by atoms with Crippen LogP contribution >= 0.6 is 0 Å². The van der Waals surface area contributed by atoms with Crippen LogP contribution in [0, 0.1) is 13.8 Å². The van der Waals surface area contributed by atoms with E-state index in [4.69, 9.17) is 4.42 Å². The van der Waals surface area contributed by atoms with Crippen LogP contribution in [0.25, 0.3) is 0 Å². The molecule has 0 bridgehead atoms. The lowest BCUT2D eigenvalue weighted by atomic mass is 10.1. The molecule has 0 aliphatic carbocycles. The molecular formula is C13H13NO2. The SMILES string of the molecule is Cc1ccc(C(=O)Nc2occc2C)cc1. The van der Waals surface area contributed by atoms with Crippen LogP contribution in [0.3, 0.4) is 0 Å². The first-order chi connectivity index (χ1) is 7.66. The number of aryl methyl sites for hydroxylation is 2. The molecule has 2 rings (SSSR count). The van der Waals surface area contributed by atoms with Gasteiger partial charge in [0.05, 0.1) is 6.26 Å². The van der Waals surface area contributed by atoms with Gasteiger partial charge in [0.25, 0.3) is 5.91 Å². The molecular weight excluding hydrogens is 202 g/mol. The second kappa shape index (κ2) is 4.23. The fraction of sp³-hybridized carbons (Fsp3) is 0.154. The topological polar surface area (TPSA) is 42.2 Å². The second-order valence-electron chi connectivity index (χ2n) is 3.75. The van der Waals surface area contributed by atoms with Crippen molar-refractivity contribution in [2.75, 3.05) is 5.32 Å². The van der Waals surface area contributed by atoms with Gasteiger partial charge in [-0.3, -0.25) is 10.1 Å². The first kappa shape index (κ1) is 10.5. The minimum atomic E-state index is -0.155. The van der Waals surface area contributed by atoms with Crippen LogP contribution in [0.1, 0.15) is 21.5 Å². The predicted molar refractivity (Wildman–Crippen MR) is 62.6 cm³/mol. The zero-order valence-corrected chi connectivity index (χ0v) is 9.28. The van der Waals surface area contributed by atoms with Crippen LogP contribution < -0.4 is 5.32 Å². The third-order valence-corrected chi connectivity index (χ3v) is 2.40. The van der Waals surface area contributed by atoms with E-state index in [2.05, 4.69) is 5.32 Å². The smallest absolute Gasteiger partial charge is 0.257 e. The third-order valence-electron chi connectivity index (χ3n) is 2.40. The molecule has 1 heterocycles. The van der Waals surface area contributed by atoms with E-state index in [1.165, 1.54) is 0 Å². The Morgan fingerprint density at radius 1 is 1.12 bits per heavy atom. The van der Waals surface area contributed by atoms with E-state index in [0.29, 0.717) is 11.4 Å². The van der Waals surface area contributed by atoms with E-state index in [-0.39, 0.29) is 5.91 Å². The van der Waals surface area contributed by atoms with Crippen molar-refractivity contribution >= 4 is 11.8 Å². The Hall–Kier alpha value is -2.03. The number of amides is 1. The van der Waals surface area contributed by atoms with Crippen LogP contribution in [0.15, 0.2) is 41.0 Å². The van der Waals surface area contributed by atoms with Crippen LogP contribution in [-0.4, -0.2) is 5.91 Å². The maximum absolute atomic E-state index is 11.8. The number of furan rings is 1. The lowest BCUT2D eigenvalue weighted by Gasteiger charge is -2.03. The fourth-order valence-corrected chi connectivity index (χ4v) is 1.38. The number of hydrogen-bond acceptors (Lipinski definition) is 2. The Morgan fingerprint density at radius 2 is 1.81 bits per heavy atom. The number of rotatable bonds is 2. The lowest BCUT2D eigenvalue weighted by Crippen LogP contribution is -2.11. The van der Waals surface area contributed by atoms with Gasteiger partial charge >= 0.3 is 0 Å². The normalized spacial score (nSPS) is 10.1. The molecule has 0 spiro atoms. The summed E-state index contributed by atoms with van der Waals surface area (Å²) in [6.07, 6.45) is 1.56. The molecule has 0 aliphatic heterocycles. The molecule has 0 unspecified atom stereocenters. The first-order valence-corrected chi connectivity index (χ1v) is 5.09. The minimum Gasteiger partial charge on any atom is -0.448 e. The minimum absolute atomic E-state index is 0.155. The highest BCUT2D eigenvalue weighted by Crippen LogP contribution is 2.16. The average molecular weight is 215 g/mol. The van der Waals surface area contributed by atoms with Crippen LogP contribution in [-0.2, 0) is 0 Å². The van der Waals surface area contributed by atoms with Gasteiger partial charge in [-0.1, -0.05) is 17.7 Å². The highest BCUT2D eigenvalue weighted by molar-refractivity contribution is 6.03. The summed E-state index contributed by atoms with van der Waals surface area (Å²) in [5.41, 5.74) is 2.67. The van der Waals surface area contributed by atoms with Gasteiger partial charge in [-0.25, -0.2) is 0 Å². The van der Waals surface area contributed by atoms with Gasteiger partial charge in [0, 0.05) is 11.1 Å². The Morgan fingerprint density at radius 3 is 2.38 bits per heavy atom. The number of nitrogens with one attached hydrogen (secondary N) is 1. The van der Waals surface area contributed by atoms with Crippen molar-refractivity contribution in [1.29, 1.82) is 0 Å². The van der Waals surface area contributed by atoms with E-state index < -0.39 is 0 Å². The fourth-order valence-electron chi connectivity index (χ4n) is 1.38. The van der Waals surface area contributed by atoms with E-state index in [1.807, 2.05) is 32.0 Å². The Labute approximate surface area is 94.1 Å². The quantitative estimate of drug-likeness (QED) is 0.836. The zero-order chi connectivity index (χ0) is 11.5. The molecule has 0 saturated heterocycles. The number of carbonyl (C=O) groups excluding carboxylic acids is 1. The van der Waals surface area contributed by atoms with Crippen molar-refractivity contribution in [3.05, 3.63) is 53.3 Å². The summed E-state index contributed by atoms with van der Waals surface area (Å²) < 4.78 is 5.15. The van der Waals surface area contributed by atoms with Crippen molar-refractivity contribution in [3.63, 3.8) is 0 Å². The molecule has 0 atom stereocenters.